The Bertz CT molecular complexity index is 442. The Morgan fingerprint density at radius 2 is 2.20 bits per heavy atom. The number of hydrogen-bond donors (Lipinski definition) is 1. The molecule has 1 N–H and O–H groups in total. The Morgan fingerprint density at radius 3 is 2.95 bits per heavy atom. The van der Waals surface area contributed by atoms with Gasteiger partial charge in [-0.15, -0.1) is 0 Å². The zero-order chi connectivity index (χ0) is 13.8. The maximum atomic E-state index is 6.29. The van der Waals surface area contributed by atoms with Gasteiger partial charge in [0.1, 0.15) is 11.9 Å². The average molecular weight is 275 g/mol. The molecule has 3 heteroatoms. The lowest BCUT2D eigenvalue weighted by atomic mass is 9.74. The molecule has 1 aliphatic carbocycles. The van der Waals surface area contributed by atoms with E-state index >= 15 is 0 Å². The number of rotatable bonds is 5. The first-order valence-corrected chi connectivity index (χ1v) is 7.90. The summed E-state index contributed by atoms with van der Waals surface area (Å²) in [7, 11) is 0. The summed E-state index contributed by atoms with van der Waals surface area (Å²) in [6.45, 7) is 4.83. The molecule has 1 atom stereocenters. The van der Waals surface area contributed by atoms with Crippen LogP contribution in [0.25, 0.3) is 0 Å². The second-order valence-electron chi connectivity index (χ2n) is 6.01. The van der Waals surface area contributed by atoms with Crippen LogP contribution in [0.1, 0.15) is 44.6 Å². The van der Waals surface area contributed by atoms with Gasteiger partial charge in [0, 0.05) is 24.9 Å². The maximum Gasteiger partial charge on any atom is 0.124 e. The summed E-state index contributed by atoms with van der Waals surface area (Å²) in [6.07, 6.45) is 6.12. The van der Waals surface area contributed by atoms with E-state index in [1.54, 1.807) is 0 Å². The molecule has 1 aliphatic heterocycles. The molecule has 1 aromatic rings. The van der Waals surface area contributed by atoms with Crippen LogP contribution in [0.15, 0.2) is 24.3 Å². The second-order valence-corrected chi connectivity index (χ2v) is 6.01. The highest BCUT2D eigenvalue weighted by Gasteiger charge is 2.43. The Kier molecular flexibility index (Phi) is 4.27. The average Bonchev–Trinajstić information content (AvgIpc) is 2.45. The first-order chi connectivity index (χ1) is 9.81. The monoisotopic (exact) mass is 275 g/mol. The van der Waals surface area contributed by atoms with E-state index in [1.165, 1.54) is 24.8 Å². The van der Waals surface area contributed by atoms with Crippen molar-refractivity contribution in [1.29, 1.82) is 0 Å². The van der Waals surface area contributed by atoms with Crippen molar-refractivity contribution in [2.24, 2.45) is 0 Å². The number of nitrogens with one attached hydrogen (secondary N) is 1. The fraction of sp³-hybridized carbons (Fsp3) is 0.647. The van der Waals surface area contributed by atoms with E-state index in [4.69, 9.17) is 9.47 Å². The summed E-state index contributed by atoms with van der Waals surface area (Å²) >= 11 is 0. The Hall–Kier alpha value is -1.06. The van der Waals surface area contributed by atoms with Crippen LogP contribution in [0.3, 0.4) is 0 Å². The van der Waals surface area contributed by atoms with Crippen molar-refractivity contribution in [1.82, 2.24) is 5.32 Å². The largest absolute Gasteiger partial charge is 0.490 e. The molecule has 0 bridgehead atoms. The molecule has 20 heavy (non-hydrogen) atoms. The van der Waals surface area contributed by atoms with Crippen LogP contribution < -0.4 is 10.1 Å². The van der Waals surface area contributed by atoms with Crippen LogP contribution in [0, 0.1) is 0 Å². The predicted octanol–water partition coefficient (Wildman–Crippen LogP) is 3.28. The van der Waals surface area contributed by atoms with Crippen molar-refractivity contribution >= 4 is 0 Å². The first kappa shape index (κ1) is 13.9. The van der Waals surface area contributed by atoms with Gasteiger partial charge in [-0.1, -0.05) is 25.1 Å². The first-order valence-electron chi connectivity index (χ1n) is 7.90. The standard InChI is InChI=1S/C17H25NO2/c1-2-18-13-14-6-3-4-7-16(14)20-15-8-11-19-17(12-15)9-5-10-17/h3-4,6-7,15,18H,2,5,8-13H2,1H3. The van der Waals surface area contributed by atoms with E-state index in [0.717, 1.165) is 38.3 Å². The third-order valence-electron chi connectivity index (χ3n) is 4.54. The minimum atomic E-state index is 0.152. The Morgan fingerprint density at radius 1 is 1.35 bits per heavy atom. The Labute approximate surface area is 121 Å². The van der Waals surface area contributed by atoms with Crippen LogP contribution in [0.4, 0.5) is 0 Å². The van der Waals surface area contributed by atoms with Gasteiger partial charge in [0.05, 0.1) is 12.2 Å². The number of hydrogen-bond acceptors (Lipinski definition) is 3. The zero-order valence-corrected chi connectivity index (χ0v) is 12.4. The molecule has 0 radical (unpaired) electrons. The molecule has 1 saturated heterocycles. The van der Waals surface area contributed by atoms with Gasteiger partial charge in [-0.2, -0.15) is 0 Å². The van der Waals surface area contributed by atoms with Gasteiger partial charge in [-0.25, -0.2) is 0 Å². The summed E-state index contributed by atoms with van der Waals surface area (Å²) < 4.78 is 12.3. The van der Waals surface area contributed by atoms with E-state index in [-0.39, 0.29) is 5.60 Å². The number of ether oxygens (including phenoxy) is 2. The molecular formula is C17H25NO2. The predicted molar refractivity (Wildman–Crippen MR) is 80.0 cm³/mol. The fourth-order valence-electron chi connectivity index (χ4n) is 3.21. The molecule has 3 nitrogen and oxygen atoms in total. The third kappa shape index (κ3) is 2.99. The highest BCUT2D eigenvalue weighted by atomic mass is 16.5. The quantitative estimate of drug-likeness (QED) is 0.894. The molecule has 1 aromatic carbocycles. The smallest absolute Gasteiger partial charge is 0.124 e. The van der Waals surface area contributed by atoms with Gasteiger partial charge in [-0.3, -0.25) is 0 Å². The molecular weight excluding hydrogens is 250 g/mol. The summed E-state index contributed by atoms with van der Waals surface area (Å²) in [5.74, 6) is 1.04. The van der Waals surface area contributed by atoms with Gasteiger partial charge in [0.25, 0.3) is 0 Å². The highest BCUT2D eigenvalue weighted by molar-refractivity contribution is 5.33. The van der Waals surface area contributed by atoms with Crippen molar-refractivity contribution in [3.8, 4) is 5.75 Å². The lowest BCUT2D eigenvalue weighted by molar-refractivity contribution is -0.153. The van der Waals surface area contributed by atoms with Crippen molar-refractivity contribution in [2.45, 2.75) is 57.3 Å². The van der Waals surface area contributed by atoms with E-state index in [2.05, 4.69) is 36.5 Å². The molecule has 0 amide bonds. The van der Waals surface area contributed by atoms with Gasteiger partial charge in [0.2, 0.25) is 0 Å². The molecule has 2 aliphatic rings. The lowest BCUT2D eigenvalue weighted by Gasteiger charge is -2.47. The van der Waals surface area contributed by atoms with Crippen molar-refractivity contribution in [3.05, 3.63) is 29.8 Å². The summed E-state index contributed by atoms with van der Waals surface area (Å²) in [4.78, 5) is 0. The summed E-state index contributed by atoms with van der Waals surface area (Å²) in [6, 6.07) is 8.38. The van der Waals surface area contributed by atoms with Crippen LogP contribution in [0.5, 0.6) is 5.75 Å². The molecule has 1 heterocycles. The van der Waals surface area contributed by atoms with Crippen molar-refractivity contribution in [3.63, 3.8) is 0 Å². The van der Waals surface area contributed by atoms with E-state index in [0.29, 0.717) is 6.10 Å². The molecule has 110 valence electrons. The van der Waals surface area contributed by atoms with Crippen LogP contribution in [0.2, 0.25) is 0 Å². The summed E-state index contributed by atoms with van der Waals surface area (Å²) in [5, 5.41) is 3.38. The molecule has 3 rings (SSSR count). The van der Waals surface area contributed by atoms with Crippen LogP contribution in [-0.2, 0) is 11.3 Å². The van der Waals surface area contributed by atoms with Crippen LogP contribution in [-0.4, -0.2) is 24.9 Å². The van der Waals surface area contributed by atoms with Crippen molar-refractivity contribution < 1.29 is 9.47 Å². The minimum Gasteiger partial charge on any atom is -0.490 e. The zero-order valence-electron chi connectivity index (χ0n) is 12.4. The molecule has 2 fully saturated rings. The fourth-order valence-corrected chi connectivity index (χ4v) is 3.21. The molecule has 0 aromatic heterocycles. The summed E-state index contributed by atoms with van der Waals surface area (Å²) in [5.41, 5.74) is 1.41. The number of benzene rings is 1. The lowest BCUT2D eigenvalue weighted by Crippen LogP contribution is -2.48. The van der Waals surface area contributed by atoms with Gasteiger partial charge >= 0.3 is 0 Å². The van der Waals surface area contributed by atoms with E-state index in [1.807, 2.05) is 0 Å². The van der Waals surface area contributed by atoms with Crippen molar-refractivity contribution in [2.75, 3.05) is 13.2 Å². The SMILES string of the molecule is CCNCc1ccccc1OC1CCOC2(CCC2)C1. The van der Waals surface area contributed by atoms with Gasteiger partial charge in [0.15, 0.2) is 0 Å². The molecule has 1 unspecified atom stereocenters. The maximum absolute atomic E-state index is 6.29. The van der Waals surface area contributed by atoms with E-state index < -0.39 is 0 Å². The van der Waals surface area contributed by atoms with E-state index in [9.17, 15) is 0 Å². The van der Waals surface area contributed by atoms with Crippen LogP contribution >= 0.6 is 0 Å². The normalized spacial score (nSPS) is 24.4. The number of para-hydroxylation sites is 1. The van der Waals surface area contributed by atoms with Gasteiger partial charge in [-0.05, 0) is 31.9 Å². The second kappa shape index (κ2) is 6.15. The Balaban J connectivity index is 1.64. The third-order valence-corrected chi connectivity index (χ3v) is 4.54. The molecule has 1 saturated carbocycles. The minimum absolute atomic E-state index is 0.152. The molecule has 1 spiro atoms. The van der Waals surface area contributed by atoms with Gasteiger partial charge < -0.3 is 14.8 Å². The highest BCUT2D eigenvalue weighted by Crippen LogP contribution is 2.43. The topological polar surface area (TPSA) is 30.5 Å².